The molecule has 0 unspecified atom stereocenters. The first-order valence-electron chi connectivity index (χ1n) is 8.46. The van der Waals surface area contributed by atoms with Crippen molar-refractivity contribution in [2.45, 2.75) is 51.6 Å². The van der Waals surface area contributed by atoms with Gasteiger partial charge in [-0.1, -0.05) is 37.4 Å². The van der Waals surface area contributed by atoms with Crippen molar-refractivity contribution in [1.82, 2.24) is 10.6 Å². The van der Waals surface area contributed by atoms with E-state index in [0.29, 0.717) is 23.5 Å². The molecular formula is C16H24N2O8S2. The zero-order valence-corrected chi connectivity index (χ0v) is 17.2. The fourth-order valence-electron chi connectivity index (χ4n) is 1.64. The molecule has 0 heterocycles. The molecule has 0 bridgehead atoms. The van der Waals surface area contributed by atoms with Gasteiger partial charge in [0.2, 0.25) is 11.8 Å². The minimum atomic E-state index is -1.26. The number of hydrogen-bond donors (Lipinski definition) is 4. The second kappa shape index (κ2) is 14.0. The van der Waals surface area contributed by atoms with Crippen molar-refractivity contribution >= 4 is 57.5 Å². The Morgan fingerprint density at radius 1 is 0.714 bits per heavy atom. The molecule has 12 heteroatoms. The van der Waals surface area contributed by atoms with Crippen LogP contribution < -0.4 is 10.6 Å². The number of amides is 2. The molecule has 0 aliphatic rings. The highest BCUT2D eigenvalue weighted by atomic mass is 32.2. The van der Waals surface area contributed by atoms with Crippen LogP contribution in [0.3, 0.4) is 0 Å². The number of carbonyl (C=O) groups excluding carboxylic acids is 4. The molecule has 0 aliphatic heterocycles. The van der Waals surface area contributed by atoms with E-state index in [-0.39, 0.29) is 37.2 Å². The zero-order chi connectivity index (χ0) is 21.7. The Labute approximate surface area is 170 Å². The van der Waals surface area contributed by atoms with Gasteiger partial charge in [-0.05, 0) is 0 Å². The van der Waals surface area contributed by atoms with Gasteiger partial charge in [-0.3, -0.25) is 19.2 Å². The summed E-state index contributed by atoms with van der Waals surface area (Å²) in [5.41, 5.74) is 0. The Kier molecular flexibility index (Phi) is 13.0. The monoisotopic (exact) mass is 436 g/mol. The van der Waals surface area contributed by atoms with Crippen molar-refractivity contribution in [3.8, 4) is 0 Å². The van der Waals surface area contributed by atoms with Gasteiger partial charge in [0.05, 0.1) is 0 Å². The van der Waals surface area contributed by atoms with Gasteiger partial charge in [0.15, 0.2) is 10.2 Å². The summed E-state index contributed by atoms with van der Waals surface area (Å²) in [7, 11) is 0. The van der Waals surface area contributed by atoms with Crippen molar-refractivity contribution < 1.29 is 39.0 Å². The first-order chi connectivity index (χ1) is 13.1. The van der Waals surface area contributed by atoms with Crippen LogP contribution in [0.5, 0.6) is 0 Å². The molecule has 0 aromatic carbocycles. The maximum atomic E-state index is 11.8. The van der Waals surface area contributed by atoms with Gasteiger partial charge in [0.25, 0.3) is 0 Å². The molecule has 158 valence electrons. The average Bonchev–Trinajstić information content (AvgIpc) is 2.65. The van der Waals surface area contributed by atoms with Crippen LogP contribution in [0.15, 0.2) is 0 Å². The number of carbonyl (C=O) groups is 6. The van der Waals surface area contributed by atoms with Gasteiger partial charge in [0.1, 0.15) is 12.1 Å². The molecule has 0 aliphatic carbocycles. The number of hydrogen-bond acceptors (Lipinski definition) is 8. The molecule has 0 rings (SSSR count). The van der Waals surface area contributed by atoms with Gasteiger partial charge in [0, 0.05) is 37.2 Å². The molecule has 10 nitrogen and oxygen atoms in total. The van der Waals surface area contributed by atoms with Crippen molar-refractivity contribution in [2.24, 2.45) is 0 Å². The first kappa shape index (κ1) is 25.9. The molecule has 0 aromatic rings. The van der Waals surface area contributed by atoms with E-state index in [4.69, 9.17) is 10.2 Å². The smallest absolute Gasteiger partial charge is 0.327 e. The molecule has 0 spiro atoms. The predicted octanol–water partition coefficient (Wildman–Crippen LogP) is 0.245. The van der Waals surface area contributed by atoms with E-state index in [9.17, 15) is 28.8 Å². The lowest BCUT2D eigenvalue weighted by molar-refractivity contribution is -0.141. The largest absolute Gasteiger partial charge is 0.480 e. The standard InChI is InChI=1S/C16H24N2O8S2/c1-3-11(19)17-9(15(23)24)7-27-13(21)5-6-14(22)28-8-10(16(25)26)18-12(20)4-2/h9-10H,3-8H2,1-2H3,(H,17,19)(H,18,20)(H,23,24)(H,25,26)/t9-,10-/m0/s1. The normalized spacial score (nSPS) is 12.5. The highest BCUT2D eigenvalue weighted by Crippen LogP contribution is 2.14. The number of carboxylic acids is 2. The SMILES string of the molecule is CCC(=O)N[C@@H](CSC(=O)CCC(=O)SC[C@H](NC(=O)CC)C(=O)O)C(=O)O. The van der Waals surface area contributed by atoms with Crippen molar-refractivity contribution in [3.63, 3.8) is 0 Å². The number of aliphatic carboxylic acids is 2. The van der Waals surface area contributed by atoms with Crippen LogP contribution in [0.4, 0.5) is 0 Å². The summed E-state index contributed by atoms with van der Waals surface area (Å²) in [6.07, 6.45) is -0.0679. The molecule has 0 saturated carbocycles. The second-order valence-electron chi connectivity index (χ2n) is 5.49. The minimum Gasteiger partial charge on any atom is -0.480 e. The molecule has 4 N–H and O–H groups in total. The topological polar surface area (TPSA) is 167 Å². The van der Waals surface area contributed by atoms with E-state index < -0.39 is 46.1 Å². The number of rotatable bonds is 13. The van der Waals surface area contributed by atoms with Crippen LogP contribution in [-0.2, 0) is 28.8 Å². The summed E-state index contributed by atoms with van der Waals surface area (Å²) in [4.78, 5) is 68.3. The lowest BCUT2D eigenvalue weighted by Gasteiger charge is -2.13. The first-order valence-corrected chi connectivity index (χ1v) is 10.4. The fourth-order valence-corrected chi connectivity index (χ4v) is 3.29. The Balaban J connectivity index is 4.30. The van der Waals surface area contributed by atoms with Gasteiger partial charge in [-0.2, -0.15) is 0 Å². The minimum absolute atomic E-state index is 0.115. The Hall–Kier alpha value is -2.08. The van der Waals surface area contributed by atoms with Crippen LogP contribution >= 0.6 is 23.5 Å². The zero-order valence-electron chi connectivity index (χ0n) is 15.6. The molecule has 28 heavy (non-hydrogen) atoms. The van der Waals surface area contributed by atoms with Crippen molar-refractivity contribution in [1.29, 1.82) is 0 Å². The van der Waals surface area contributed by atoms with E-state index in [1.54, 1.807) is 13.8 Å². The Bertz CT molecular complexity index is 559. The Morgan fingerprint density at radius 2 is 1.04 bits per heavy atom. The van der Waals surface area contributed by atoms with Crippen molar-refractivity contribution in [3.05, 3.63) is 0 Å². The van der Waals surface area contributed by atoms with E-state index in [2.05, 4.69) is 10.6 Å². The predicted molar refractivity (Wildman–Crippen MR) is 104 cm³/mol. The number of thioether (sulfide) groups is 2. The third kappa shape index (κ3) is 11.6. The summed E-state index contributed by atoms with van der Waals surface area (Å²) in [6, 6.07) is -2.41. The van der Waals surface area contributed by atoms with Crippen LogP contribution in [0.25, 0.3) is 0 Å². The summed E-state index contributed by atoms with van der Waals surface area (Å²) in [5, 5.41) is 21.8. The van der Waals surface area contributed by atoms with Crippen LogP contribution in [0.1, 0.15) is 39.5 Å². The van der Waals surface area contributed by atoms with Gasteiger partial charge < -0.3 is 20.8 Å². The molecule has 0 aromatic heterocycles. The average molecular weight is 437 g/mol. The van der Waals surface area contributed by atoms with Crippen LogP contribution in [-0.4, -0.2) is 67.8 Å². The third-order valence-electron chi connectivity index (χ3n) is 3.26. The molecule has 2 atom stereocenters. The van der Waals surface area contributed by atoms with Gasteiger partial charge in [-0.25, -0.2) is 9.59 Å². The molecular weight excluding hydrogens is 412 g/mol. The van der Waals surface area contributed by atoms with Crippen molar-refractivity contribution in [2.75, 3.05) is 11.5 Å². The maximum Gasteiger partial charge on any atom is 0.327 e. The van der Waals surface area contributed by atoms with E-state index >= 15 is 0 Å². The van der Waals surface area contributed by atoms with E-state index in [0.717, 1.165) is 0 Å². The summed E-state index contributed by atoms with van der Waals surface area (Å²) >= 11 is 1.40. The Morgan fingerprint density at radius 3 is 1.29 bits per heavy atom. The van der Waals surface area contributed by atoms with Gasteiger partial charge >= 0.3 is 11.9 Å². The fraction of sp³-hybridized carbons (Fsp3) is 0.625. The quantitative estimate of drug-likeness (QED) is 0.314. The lowest BCUT2D eigenvalue weighted by atomic mass is 10.3. The summed E-state index contributed by atoms with van der Waals surface area (Å²) in [6.45, 7) is 3.14. The van der Waals surface area contributed by atoms with E-state index in [1.807, 2.05) is 0 Å². The highest BCUT2D eigenvalue weighted by molar-refractivity contribution is 8.14. The molecule has 0 saturated heterocycles. The van der Waals surface area contributed by atoms with E-state index in [1.165, 1.54) is 0 Å². The number of nitrogens with one attached hydrogen (secondary N) is 2. The van der Waals surface area contributed by atoms with Gasteiger partial charge in [-0.15, -0.1) is 0 Å². The number of carboxylic acid groups (broad SMARTS) is 2. The highest BCUT2D eigenvalue weighted by Gasteiger charge is 2.22. The third-order valence-corrected chi connectivity index (χ3v) is 5.32. The van der Waals surface area contributed by atoms with Crippen LogP contribution in [0, 0.1) is 0 Å². The summed E-state index contributed by atoms with van der Waals surface area (Å²) < 4.78 is 0. The molecule has 2 amide bonds. The molecule has 0 radical (unpaired) electrons. The lowest BCUT2D eigenvalue weighted by Crippen LogP contribution is -2.42. The maximum absolute atomic E-state index is 11.8. The summed E-state index contributed by atoms with van der Waals surface area (Å²) in [5.74, 6) is -3.74. The molecule has 0 fully saturated rings. The second-order valence-corrected chi connectivity index (χ2v) is 7.64. The van der Waals surface area contributed by atoms with Crippen LogP contribution in [0.2, 0.25) is 0 Å².